The van der Waals surface area contributed by atoms with E-state index in [9.17, 15) is 9.59 Å². The van der Waals surface area contributed by atoms with E-state index in [-0.39, 0.29) is 60.0 Å². The molecule has 160 valence electrons. The summed E-state index contributed by atoms with van der Waals surface area (Å²) in [5, 5.41) is 0. The molecule has 4 aliphatic rings. The fraction of sp³-hybridized carbons (Fsp3) is 0.714. The number of Topliss-reactive ketones (excluding diaryl/α,β-unsaturated/α-hetero) is 2. The highest BCUT2D eigenvalue weighted by Crippen LogP contribution is 2.52. The molecule has 0 N–H and O–H groups in total. The maximum Gasteiger partial charge on any atom is 0.208 e. The summed E-state index contributed by atoms with van der Waals surface area (Å²) in [6.07, 6.45) is 4.96. The Kier molecular flexibility index (Phi) is 6.97. The third-order valence-corrected chi connectivity index (χ3v) is 5.78. The largest absolute Gasteiger partial charge is 0.484 e. The predicted molar refractivity (Wildman–Crippen MR) is 99.9 cm³/mol. The molecule has 0 aromatic heterocycles. The molecule has 1 aliphatic heterocycles. The highest BCUT2D eigenvalue weighted by molar-refractivity contribution is 6.12. The average molecular weight is 408 g/mol. The summed E-state index contributed by atoms with van der Waals surface area (Å²) in [5.41, 5.74) is 0. The van der Waals surface area contributed by atoms with Crippen molar-refractivity contribution in [2.24, 2.45) is 23.7 Å². The van der Waals surface area contributed by atoms with Crippen LogP contribution in [-0.4, -0.2) is 77.6 Å². The molecule has 29 heavy (non-hydrogen) atoms. The van der Waals surface area contributed by atoms with Gasteiger partial charge in [0.15, 0.2) is 0 Å². The van der Waals surface area contributed by atoms with Crippen LogP contribution in [0.2, 0.25) is 0 Å². The van der Waals surface area contributed by atoms with Crippen LogP contribution in [0.3, 0.4) is 0 Å². The van der Waals surface area contributed by atoms with E-state index in [0.29, 0.717) is 52.9 Å². The highest BCUT2D eigenvalue weighted by atomic mass is 16.6. The zero-order valence-corrected chi connectivity index (χ0v) is 16.5. The van der Waals surface area contributed by atoms with Crippen LogP contribution >= 0.6 is 0 Å². The van der Waals surface area contributed by atoms with Gasteiger partial charge in [-0.3, -0.25) is 9.59 Å². The molecule has 1 fully saturated rings. The molecule has 4 rings (SSSR count). The van der Waals surface area contributed by atoms with Gasteiger partial charge >= 0.3 is 0 Å². The van der Waals surface area contributed by atoms with E-state index in [1.807, 2.05) is 0 Å². The van der Waals surface area contributed by atoms with Crippen LogP contribution in [-0.2, 0) is 38.0 Å². The third-order valence-electron chi connectivity index (χ3n) is 5.78. The van der Waals surface area contributed by atoms with Crippen molar-refractivity contribution in [3.8, 4) is 0 Å². The smallest absolute Gasteiger partial charge is 0.208 e. The second-order valence-corrected chi connectivity index (χ2v) is 7.53. The number of carbonyl (C=O) groups is 2. The first-order valence-electron chi connectivity index (χ1n) is 10.3. The molecule has 0 amide bonds. The minimum atomic E-state index is -0.333. The van der Waals surface area contributed by atoms with E-state index in [0.717, 1.165) is 6.42 Å². The Morgan fingerprint density at radius 1 is 0.552 bits per heavy atom. The topological polar surface area (TPSA) is 89.5 Å². The molecule has 0 radical (unpaired) electrons. The van der Waals surface area contributed by atoms with Crippen LogP contribution in [0.25, 0.3) is 0 Å². The van der Waals surface area contributed by atoms with Crippen LogP contribution in [0.15, 0.2) is 23.7 Å². The van der Waals surface area contributed by atoms with Gasteiger partial charge in [0.25, 0.3) is 0 Å². The van der Waals surface area contributed by atoms with Crippen molar-refractivity contribution in [3.63, 3.8) is 0 Å². The number of ether oxygens (including phenoxy) is 6. The average Bonchev–Trinajstić information content (AvgIpc) is 3.34. The Morgan fingerprint density at radius 3 is 1.28 bits per heavy atom. The van der Waals surface area contributed by atoms with Crippen molar-refractivity contribution in [1.29, 1.82) is 0 Å². The van der Waals surface area contributed by atoms with Crippen molar-refractivity contribution in [2.75, 3.05) is 66.1 Å². The number of hydrogen-bond acceptors (Lipinski definition) is 8. The molecule has 1 saturated carbocycles. The SMILES string of the molecule is O=C1C2=C(OCCOCCOCCOCCOCCO2)C(=O)[C@H]2C3C=CC(C3)[C@@H]12. The van der Waals surface area contributed by atoms with Gasteiger partial charge in [0.05, 0.1) is 52.9 Å². The minimum Gasteiger partial charge on any atom is -0.484 e. The molecule has 0 aromatic rings. The van der Waals surface area contributed by atoms with Crippen LogP contribution in [0, 0.1) is 23.7 Å². The summed E-state index contributed by atoms with van der Waals surface area (Å²) in [6.45, 7) is 3.65. The summed E-state index contributed by atoms with van der Waals surface area (Å²) in [6, 6.07) is 0. The molecule has 0 aromatic carbocycles. The van der Waals surface area contributed by atoms with Crippen molar-refractivity contribution in [1.82, 2.24) is 0 Å². The molecule has 4 atom stereocenters. The first-order valence-corrected chi connectivity index (χ1v) is 10.3. The zero-order valence-electron chi connectivity index (χ0n) is 16.5. The normalized spacial score (nSPS) is 34.6. The number of rotatable bonds is 0. The predicted octanol–water partition coefficient (Wildman–Crippen LogP) is 0.901. The van der Waals surface area contributed by atoms with E-state index < -0.39 is 0 Å². The van der Waals surface area contributed by atoms with Crippen LogP contribution in [0.4, 0.5) is 0 Å². The van der Waals surface area contributed by atoms with Crippen molar-refractivity contribution < 1.29 is 38.0 Å². The molecule has 3 aliphatic carbocycles. The maximum absolute atomic E-state index is 13.1. The second-order valence-electron chi connectivity index (χ2n) is 7.53. The lowest BCUT2D eigenvalue weighted by atomic mass is 9.73. The molecular weight excluding hydrogens is 380 g/mol. The van der Waals surface area contributed by atoms with E-state index in [1.54, 1.807) is 0 Å². The molecule has 8 nitrogen and oxygen atoms in total. The van der Waals surface area contributed by atoms with Gasteiger partial charge in [-0.1, -0.05) is 12.2 Å². The number of hydrogen-bond donors (Lipinski definition) is 0. The minimum absolute atomic E-state index is 0.0431. The van der Waals surface area contributed by atoms with Gasteiger partial charge < -0.3 is 28.4 Å². The summed E-state index contributed by atoms with van der Waals surface area (Å²) in [7, 11) is 0. The number of ketones is 2. The van der Waals surface area contributed by atoms with Crippen molar-refractivity contribution in [2.45, 2.75) is 6.42 Å². The summed E-state index contributed by atoms with van der Waals surface area (Å²) in [5.74, 6) is -0.612. The van der Waals surface area contributed by atoms with Crippen LogP contribution in [0.5, 0.6) is 0 Å². The molecular formula is C21H28O8. The van der Waals surface area contributed by atoms with Gasteiger partial charge in [-0.05, 0) is 18.3 Å². The molecule has 2 bridgehead atoms. The Labute approximate surface area is 170 Å². The van der Waals surface area contributed by atoms with Gasteiger partial charge in [0.2, 0.25) is 23.1 Å². The Bertz CT molecular complexity index is 616. The molecule has 2 unspecified atom stereocenters. The number of carbonyl (C=O) groups excluding carboxylic acids is 2. The lowest BCUT2D eigenvalue weighted by Gasteiger charge is -2.32. The Morgan fingerprint density at radius 2 is 0.897 bits per heavy atom. The Hall–Kier alpha value is -1.74. The van der Waals surface area contributed by atoms with Crippen molar-refractivity contribution in [3.05, 3.63) is 23.7 Å². The highest BCUT2D eigenvalue weighted by Gasteiger charge is 2.57. The third kappa shape index (κ3) is 4.55. The van der Waals surface area contributed by atoms with E-state index in [2.05, 4.69) is 12.2 Å². The summed E-state index contributed by atoms with van der Waals surface area (Å²) < 4.78 is 33.2. The summed E-state index contributed by atoms with van der Waals surface area (Å²) in [4.78, 5) is 26.3. The van der Waals surface area contributed by atoms with E-state index in [1.165, 1.54) is 0 Å². The number of fused-ring (bicyclic) bond motifs is 5. The van der Waals surface area contributed by atoms with Gasteiger partial charge in [0, 0.05) is 11.8 Å². The first kappa shape index (κ1) is 20.5. The molecule has 0 saturated heterocycles. The number of allylic oxidation sites excluding steroid dienone is 4. The van der Waals surface area contributed by atoms with E-state index in [4.69, 9.17) is 28.4 Å². The second kappa shape index (κ2) is 9.84. The van der Waals surface area contributed by atoms with Gasteiger partial charge in [-0.2, -0.15) is 0 Å². The molecule has 8 heteroatoms. The lowest BCUT2D eigenvalue weighted by molar-refractivity contribution is -0.137. The van der Waals surface area contributed by atoms with Gasteiger partial charge in [-0.15, -0.1) is 0 Å². The van der Waals surface area contributed by atoms with Gasteiger partial charge in [0.1, 0.15) is 13.2 Å². The monoisotopic (exact) mass is 408 g/mol. The van der Waals surface area contributed by atoms with Crippen molar-refractivity contribution >= 4 is 11.6 Å². The first-order chi connectivity index (χ1) is 14.3. The standard InChI is InChI=1S/C21H28O8/c22-18-16-14-1-2-15(13-14)17(16)19(23)21-20(18)28-11-9-26-7-5-24-3-4-25-6-8-27-10-12-29-21/h1-2,14-17H,3-13H2/t14?,15?,16-,17+. The maximum atomic E-state index is 13.1. The fourth-order valence-electron chi connectivity index (χ4n) is 4.50. The van der Waals surface area contributed by atoms with Gasteiger partial charge in [-0.25, -0.2) is 0 Å². The fourth-order valence-corrected chi connectivity index (χ4v) is 4.50. The molecule has 1 heterocycles. The van der Waals surface area contributed by atoms with Crippen LogP contribution in [0.1, 0.15) is 6.42 Å². The molecule has 0 spiro atoms. The zero-order chi connectivity index (χ0) is 20.1. The van der Waals surface area contributed by atoms with E-state index >= 15 is 0 Å². The summed E-state index contributed by atoms with van der Waals surface area (Å²) >= 11 is 0. The Balaban J connectivity index is 1.45. The van der Waals surface area contributed by atoms with Crippen LogP contribution < -0.4 is 0 Å². The quantitative estimate of drug-likeness (QED) is 0.547. The lowest BCUT2D eigenvalue weighted by Crippen LogP contribution is -2.41.